The molecule has 0 spiro atoms. The van der Waals surface area contributed by atoms with E-state index in [1.165, 1.54) is 36.4 Å². The molecular formula is C24H30N4O7. The van der Waals surface area contributed by atoms with Crippen LogP contribution in [0.25, 0.3) is 0 Å². The molecule has 0 atom stereocenters. The molecule has 35 heavy (non-hydrogen) atoms. The molecule has 2 aromatic rings. The van der Waals surface area contributed by atoms with E-state index in [4.69, 9.17) is 14.2 Å². The number of para-hydroxylation sites is 1. The number of anilines is 1. The van der Waals surface area contributed by atoms with Crippen LogP contribution in [-0.4, -0.2) is 54.4 Å². The zero-order valence-corrected chi connectivity index (χ0v) is 20.3. The topological polar surface area (TPSA) is 123 Å². The van der Waals surface area contributed by atoms with E-state index in [0.29, 0.717) is 13.0 Å². The summed E-state index contributed by atoms with van der Waals surface area (Å²) in [6, 6.07) is 8.05. The normalized spacial score (nSPS) is 12.9. The van der Waals surface area contributed by atoms with Crippen molar-refractivity contribution in [3.8, 4) is 11.5 Å². The third kappa shape index (κ3) is 5.56. The Labute approximate surface area is 203 Å². The minimum Gasteiger partial charge on any atom is -0.493 e. The van der Waals surface area contributed by atoms with Crippen LogP contribution in [0.3, 0.4) is 0 Å². The van der Waals surface area contributed by atoms with Gasteiger partial charge in [-0.05, 0) is 36.5 Å². The Hall–Kier alpha value is -4.02. The van der Waals surface area contributed by atoms with Crippen molar-refractivity contribution < 1.29 is 28.7 Å². The van der Waals surface area contributed by atoms with Gasteiger partial charge in [0.15, 0.2) is 11.5 Å². The van der Waals surface area contributed by atoms with Crippen molar-refractivity contribution in [1.82, 2.24) is 10.0 Å². The molecule has 1 aliphatic heterocycles. The van der Waals surface area contributed by atoms with Gasteiger partial charge in [0, 0.05) is 18.8 Å². The van der Waals surface area contributed by atoms with Gasteiger partial charge in [-0.25, -0.2) is 19.6 Å². The average Bonchev–Trinajstić information content (AvgIpc) is 3.37. The van der Waals surface area contributed by atoms with Gasteiger partial charge < -0.3 is 19.5 Å². The van der Waals surface area contributed by atoms with Crippen molar-refractivity contribution in [2.45, 2.75) is 39.7 Å². The third-order valence-corrected chi connectivity index (χ3v) is 5.84. The van der Waals surface area contributed by atoms with Crippen molar-refractivity contribution >= 4 is 23.5 Å². The highest BCUT2D eigenvalue weighted by atomic mass is 16.6. The number of hydrogen-bond donors (Lipinski definition) is 1. The average molecular weight is 487 g/mol. The lowest BCUT2D eigenvalue weighted by Crippen LogP contribution is -2.47. The fourth-order valence-corrected chi connectivity index (χ4v) is 4.00. The minimum absolute atomic E-state index is 0.139. The van der Waals surface area contributed by atoms with Gasteiger partial charge in [0.1, 0.15) is 6.61 Å². The molecule has 1 heterocycles. The zero-order valence-electron chi connectivity index (χ0n) is 20.3. The first kappa shape index (κ1) is 25.6. The van der Waals surface area contributed by atoms with Crippen LogP contribution in [0.1, 0.15) is 37.0 Å². The van der Waals surface area contributed by atoms with Gasteiger partial charge in [-0.3, -0.25) is 10.1 Å². The number of nitro benzene ring substituents is 1. The van der Waals surface area contributed by atoms with Gasteiger partial charge in [-0.1, -0.05) is 32.0 Å². The molecule has 0 unspecified atom stereocenters. The van der Waals surface area contributed by atoms with Crippen LogP contribution in [0, 0.1) is 10.1 Å². The van der Waals surface area contributed by atoms with Crippen molar-refractivity contribution in [3.63, 3.8) is 0 Å². The fraction of sp³-hybridized carbons (Fsp3) is 0.417. The third-order valence-electron chi connectivity index (χ3n) is 5.84. The Morgan fingerprint density at radius 1 is 1.00 bits per heavy atom. The molecule has 3 amide bonds. The van der Waals surface area contributed by atoms with Crippen molar-refractivity contribution in [1.29, 1.82) is 0 Å². The standard InChI is InChI=1S/C24H30N4O7/c1-5-16-9-7-10-17(6-2)22(16)25-23(29)26-11-8-12-27(26)24(30)35-15-18-13-20(33-3)21(34-4)14-19(18)28(31)32/h7,9-10,13-14H,5-6,8,11-12,15H2,1-4H3,(H,25,29). The van der Waals surface area contributed by atoms with Gasteiger partial charge in [0.2, 0.25) is 0 Å². The molecule has 11 nitrogen and oxygen atoms in total. The number of rotatable bonds is 8. The maximum absolute atomic E-state index is 13.1. The van der Waals surface area contributed by atoms with Crippen LogP contribution in [0.15, 0.2) is 30.3 Å². The molecule has 1 N–H and O–H groups in total. The second-order valence-corrected chi connectivity index (χ2v) is 7.84. The van der Waals surface area contributed by atoms with E-state index >= 15 is 0 Å². The molecule has 0 aliphatic carbocycles. The molecular weight excluding hydrogens is 456 g/mol. The minimum atomic E-state index is -0.777. The molecule has 3 rings (SSSR count). The largest absolute Gasteiger partial charge is 0.493 e. The first-order valence-electron chi connectivity index (χ1n) is 11.4. The van der Waals surface area contributed by atoms with Crippen LogP contribution < -0.4 is 14.8 Å². The van der Waals surface area contributed by atoms with Crippen molar-refractivity contribution in [2.24, 2.45) is 0 Å². The Balaban J connectivity index is 1.74. The number of methoxy groups -OCH3 is 2. The summed E-state index contributed by atoms with van der Waals surface area (Å²) in [5.74, 6) is 0.461. The number of carbonyl (C=O) groups excluding carboxylic acids is 2. The lowest BCUT2D eigenvalue weighted by Gasteiger charge is -2.28. The molecule has 1 fully saturated rings. The van der Waals surface area contributed by atoms with E-state index in [2.05, 4.69) is 5.32 Å². The number of nitro groups is 1. The van der Waals surface area contributed by atoms with Crippen molar-refractivity contribution in [2.75, 3.05) is 32.6 Å². The Kier molecular flexibility index (Phi) is 8.34. The SMILES string of the molecule is CCc1cccc(CC)c1NC(=O)N1CCCN1C(=O)OCc1cc(OC)c(OC)cc1[N+](=O)[O-]. The van der Waals surface area contributed by atoms with Gasteiger partial charge in [-0.2, -0.15) is 0 Å². The monoisotopic (exact) mass is 486 g/mol. The molecule has 1 aliphatic rings. The predicted molar refractivity (Wildman–Crippen MR) is 129 cm³/mol. The van der Waals surface area contributed by atoms with Gasteiger partial charge >= 0.3 is 12.1 Å². The highest BCUT2D eigenvalue weighted by molar-refractivity contribution is 5.92. The number of nitrogens with one attached hydrogen (secondary N) is 1. The summed E-state index contributed by atoms with van der Waals surface area (Å²) in [6.07, 6.45) is 1.30. The Morgan fingerprint density at radius 3 is 2.17 bits per heavy atom. The number of hydrogen-bond acceptors (Lipinski definition) is 7. The van der Waals surface area contributed by atoms with E-state index < -0.39 is 17.0 Å². The van der Waals surface area contributed by atoms with Crippen molar-refractivity contribution in [3.05, 3.63) is 57.1 Å². The maximum atomic E-state index is 13.1. The molecule has 1 saturated heterocycles. The number of urea groups is 1. The molecule has 11 heteroatoms. The summed E-state index contributed by atoms with van der Waals surface area (Å²) in [5.41, 5.74) is 2.64. The summed E-state index contributed by atoms with van der Waals surface area (Å²) < 4.78 is 15.7. The van der Waals surface area contributed by atoms with Gasteiger partial charge in [0.05, 0.1) is 30.8 Å². The highest BCUT2D eigenvalue weighted by Crippen LogP contribution is 2.35. The lowest BCUT2D eigenvalue weighted by atomic mass is 10.0. The number of ether oxygens (including phenoxy) is 3. The zero-order chi connectivity index (χ0) is 25.5. The quantitative estimate of drug-likeness (QED) is 0.429. The van der Waals surface area contributed by atoms with Gasteiger partial charge in [-0.15, -0.1) is 0 Å². The predicted octanol–water partition coefficient (Wildman–Crippen LogP) is 4.53. The second kappa shape index (κ2) is 11.4. The Morgan fingerprint density at radius 2 is 1.60 bits per heavy atom. The van der Waals surface area contributed by atoms with Crippen LogP contribution in [0.2, 0.25) is 0 Å². The lowest BCUT2D eigenvalue weighted by molar-refractivity contribution is -0.385. The van der Waals surface area contributed by atoms with Gasteiger partial charge in [0.25, 0.3) is 5.69 Å². The summed E-state index contributed by atoms with van der Waals surface area (Å²) in [4.78, 5) is 36.9. The molecule has 2 aromatic carbocycles. The summed E-state index contributed by atoms with van der Waals surface area (Å²) in [5, 5.41) is 17.0. The number of nitrogens with zero attached hydrogens (tertiary/aromatic N) is 3. The van der Waals surface area contributed by atoms with E-state index in [-0.39, 0.29) is 35.9 Å². The number of amides is 3. The molecule has 0 saturated carbocycles. The van der Waals surface area contributed by atoms with Crippen LogP contribution >= 0.6 is 0 Å². The fourth-order valence-electron chi connectivity index (χ4n) is 4.00. The van der Waals surface area contributed by atoms with Crippen LogP contribution in [0.5, 0.6) is 11.5 Å². The number of aryl methyl sites for hydroxylation is 2. The van der Waals surface area contributed by atoms with Crippen LogP contribution in [-0.2, 0) is 24.2 Å². The first-order valence-corrected chi connectivity index (χ1v) is 11.4. The second-order valence-electron chi connectivity index (χ2n) is 7.84. The highest BCUT2D eigenvalue weighted by Gasteiger charge is 2.33. The number of benzene rings is 2. The van der Waals surface area contributed by atoms with E-state index in [1.807, 2.05) is 32.0 Å². The summed E-state index contributed by atoms with van der Waals surface area (Å²) in [7, 11) is 2.78. The van der Waals surface area contributed by atoms with E-state index in [1.54, 1.807) is 0 Å². The Bertz CT molecular complexity index is 1080. The number of hydrazine groups is 1. The first-order chi connectivity index (χ1) is 16.8. The van der Waals surface area contributed by atoms with E-state index in [0.717, 1.165) is 29.7 Å². The summed E-state index contributed by atoms with van der Waals surface area (Å²) >= 11 is 0. The molecule has 0 bridgehead atoms. The molecule has 0 radical (unpaired) electrons. The van der Waals surface area contributed by atoms with Crippen LogP contribution in [0.4, 0.5) is 21.0 Å². The molecule has 0 aromatic heterocycles. The maximum Gasteiger partial charge on any atom is 0.429 e. The summed E-state index contributed by atoms with van der Waals surface area (Å²) in [6.45, 7) is 4.28. The molecule has 188 valence electrons. The smallest absolute Gasteiger partial charge is 0.429 e. The number of carbonyl (C=O) groups is 2. The van der Waals surface area contributed by atoms with E-state index in [9.17, 15) is 19.7 Å².